The van der Waals surface area contributed by atoms with Crippen LogP contribution in [-0.4, -0.2) is 52.0 Å². The quantitative estimate of drug-likeness (QED) is 0.913. The molecule has 1 N–H and O–H groups in total. The lowest BCUT2D eigenvalue weighted by molar-refractivity contribution is 0.520. The fraction of sp³-hybridized carbons (Fsp3) is 0.600. The molecule has 0 aliphatic carbocycles. The minimum atomic E-state index is -3.41. The molecule has 2 unspecified atom stereocenters. The van der Waals surface area contributed by atoms with Gasteiger partial charge in [-0.3, -0.25) is 0 Å². The molecular formula is C15H23N3O2S. The first-order valence-electron chi connectivity index (χ1n) is 7.51. The molecule has 5 nitrogen and oxygen atoms in total. The molecule has 0 radical (unpaired) electrons. The molecule has 0 spiro atoms. The van der Waals surface area contributed by atoms with Crippen LogP contribution in [0.3, 0.4) is 0 Å². The lowest BCUT2D eigenvalue weighted by Gasteiger charge is -2.29. The zero-order chi connectivity index (χ0) is 15.0. The number of hydrogen-bond acceptors (Lipinski definition) is 4. The van der Waals surface area contributed by atoms with Gasteiger partial charge in [-0.25, -0.2) is 12.7 Å². The van der Waals surface area contributed by atoms with Crippen LogP contribution in [0.15, 0.2) is 29.2 Å². The van der Waals surface area contributed by atoms with E-state index in [1.165, 1.54) is 17.1 Å². The predicted molar refractivity (Wildman–Crippen MR) is 84.1 cm³/mol. The minimum Gasteiger partial charge on any atom is -0.369 e. The van der Waals surface area contributed by atoms with E-state index in [-0.39, 0.29) is 0 Å². The summed E-state index contributed by atoms with van der Waals surface area (Å²) >= 11 is 0. The van der Waals surface area contributed by atoms with Crippen molar-refractivity contribution in [3.8, 4) is 0 Å². The van der Waals surface area contributed by atoms with Gasteiger partial charge in [-0.05, 0) is 31.4 Å². The van der Waals surface area contributed by atoms with Crippen LogP contribution >= 0.6 is 0 Å². The van der Waals surface area contributed by atoms with Gasteiger partial charge in [0.25, 0.3) is 0 Å². The molecule has 2 saturated heterocycles. The van der Waals surface area contributed by atoms with E-state index < -0.39 is 10.0 Å². The maximum Gasteiger partial charge on any atom is 0.244 e. The van der Waals surface area contributed by atoms with Crippen LogP contribution in [0.2, 0.25) is 0 Å². The maximum absolute atomic E-state index is 12.5. The predicted octanol–water partition coefficient (Wildman–Crippen LogP) is 1.27. The van der Waals surface area contributed by atoms with E-state index in [0.29, 0.717) is 17.0 Å². The van der Waals surface area contributed by atoms with Crippen molar-refractivity contribution in [2.45, 2.75) is 36.2 Å². The van der Waals surface area contributed by atoms with Gasteiger partial charge in [0.2, 0.25) is 10.0 Å². The Morgan fingerprint density at radius 2 is 1.86 bits per heavy atom. The minimum absolute atomic E-state index is 0.410. The highest BCUT2D eigenvalue weighted by molar-refractivity contribution is 7.89. The number of anilines is 1. The van der Waals surface area contributed by atoms with Crippen molar-refractivity contribution in [2.75, 3.05) is 32.1 Å². The molecule has 0 saturated carbocycles. The van der Waals surface area contributed by atoms with Crippen molar-refractivity contribution < 1.29 is 8.42 Å². The first kappa shape index (κ1) is 14.8. The number of nitrogens with one attached hydrogen (secondary N) is 1. The number of hydrogen-bond donors (Lipinski definition) is 1. The van der Waals surface area contributed by atoms with Crippen LogP contribution in [0.5, 0.6) is 0 Å². The molecule has 2 atom stereocenters. The number of nitrogens with zero attached hydrogens (tertiary/aromatic N) is 2. The topological polar surface area (TPSA) is 52.7 Å². The van der Waals surface area contributed by atoms with Gasteiger partial charge in [-0.15, -0.1) is 0 Å². The largest absolute Gasteiger partial charge is 0.369 e. The van der Waals surface area contributed by atoms with Crippen LogP contribution < -0.4 is 10.2 Å². The second-order valence-corrected chi connectivity index (χ2v) is 8.25. The average Bonchev–Trinajstić information content (AvgIpc) is 2.78. The third-order valence-electron chi connectivity index (χ3n) is 4.49. The summed E-state index contributed by atoms with van der Waals surface area (Å²) in [6.07, 6.45) is 3.51. The van der Waals surface area contributed by atoms with Crippen LogP contribution in [-0.2, 0) is 10.0 Å². The summed E-state index contributed by atoms with van der Waals surface area (Å²) in [6, 6.07) is 8.42. The van der Waals surface area contributed by atoms with Crippen molar-refractivity contribution in [3.05, 3.63) is 24.3 Å². The second kappa shape index (κ2) is 5.59. The summed E-state index contributed by atoms with van der Waals surface area (Å²) in [6.45, 7) is 1.80. The maximum atomic E-state index is 12.5. The zero-order valence-electron chi connectivity index (χ0n) is 12.6. The third-order valence-corrected chi connectivity index (χ3v) is 6.35. The molecule has 2 aliphatic rings. The van der Waals surface area contributed by atoms with Crippen molar-refractivity contribution in [1.29, 1.82) is 0 Å². The fourth-order valence-corrected chi connectivity index (χ4v) is 4.40. The number of para-hydroxylation sites is 1. The summed E-state index contributed by atoms with van der Waals surface area (Å²) in [7, 11) is -0.248. The Hall–Kier alpha value is -1.11. The molecule has 116 valence electrons. The van der Waals surface area contributed by atoms with Gasteiger partial charge in [-0.2, -0.15) is 0 Å². The van der Waals surface area contributed by atoms with E-state index in [2.05, 4.69) is 10.2 Å². The Balaban J connectivity index is 1.96. The smallest absolute Gasteiger partial charge is 0.244 e. The molecule has 2 bridgehead atoms. The molecule has 0 amide bonds. The summed E-state index contributed by atoms with van der Waals surface area (Å²) < 4.78 is 26.3. The lowest BCUT2D eigenvalue weighted by atomic mass is 10.1. The SMILES string of the molecule is CN(C)S(=O)(=O)c1ccccc1N1CCC2CCC(C1)N2. The average molecular weight is 309 g/mol. The van der Waals surface area contributed by atoms with E-state index >= 15 is 0 Å². The Labute approximate surface area is 127 Å². The molecule has 3 rings (SSSR count). The highest BCUT2D eigenvalue weighted by atomic mass is 32.2. The van der Waals surface area contributed by atoms with Gasteiger partial charge in [0, 0.05) is 39.3 Å². The van der Waals surface area contributed by atoms with Gasteiger partial charge in [0.15, 0.2) is 0 Å². The van der Waals surface area contributed by atoms with Crippen molar-refractivity contribution in [2.24, 2.45) is 0 Å². The Kier molecular flexibility index (Phi) is 3.94. The highest BCUT2D eigenvalue weighted by Gasteiger charge is 2.31. The monoisotopic (exact) mass is 309 g/mol. The molecule has 1 aromatic carbocycles. The lowest BCUT2D eigenvalue weighted by Crippen LogP contribution is -2.36. The molecule has 2 aliphatic heterocycles. The Bertz CT molecular complexity index is 615. The van der Waals surface area contributed by atoms with Gasteiger partial charge in [-0.1, -0.05) is 12.1 Å². The number of benzene rings is 1. The van der Waals surface area contributed by atoms with Crippen molar-refractivity contribution >= 4 is 15.7 Å². The summed E-state index contributed by atoms with van der Waals surface area (Å²) in [5.41, 5.74) is 0.834. The molecule has 2 fully saturated rings. The van der Waals surface area contributed by atoms with Gasteiger partial charge in [0.1, 0.15) is 4.90 Å². The first-order valence-corrected chi connectivity index (χ1v) is 8.95. The van der Waals surface area contributed by atoms with Crippen LogP contribution in [0.25, 0.3) is 0 Å². The molecule has 21 heavy (non-hydrogen) atoms. The Morgan fingerprint density at radius 1 is 1.14 bits per heavy atom. The second-order valence-electron chi connectivity index (χ2n) is 6.13. The molecule has 1 aromatic rings. The van der Waals surface area contributed by atoms with E-state index in [1.54, 1.807) is 26.2 Å². The van der Waals surface area contributed by atoms with Crippen molar-refractivity contribution in [1.82, 2.24) is 9.62 Å². The summed E-state index contributed by atoms with van der Waals surface area (Å²) in [5, 5.41) is 3.63. The third kappa shape index (κ3) is 2.80. The van der Waals surface area contributed by atoms with Crippen LogP contribution in [0, 0.1) is 0 Å². The highest BCUT2D eigenvalue weighted by Crippen LogP contribution is 2.30. The zero-order valence-corrected chi connectivity index (χ0v) is 13.4. The van der Waals surface area contributed by atoms with E-state index in [9.17, 15) is 8.42 Å². The van der Waals surface area contributed by atoms with Gasteiger partial charge in [0.05, 0.1) is 5.69 Å². The number of fused-ring (bicyclic) bond motifs is 2. The van der Waals surface area contributed by atoms with E-state index in [4.69, 9.17) is 0 Å². The Morgan fingerprint density at radius 3 is 2.62 bits per heavy atom. The molecular weight excluding hydrogens is 286 g/mol. The summed E-state index contributed by atoms with van der Waals surface area (Å²) in [5.74, 6) is 0. The van der Waals surface area contributed by atoms with Gasteiger partial charge >= 0.3 is 0 Å². The summed E-state index contributed by atoms with van der Waals surface area (Å²) in [4.78, 5) is 2.64. The number of rotatable bonds is 3. The van der Waals surface area contributed by atoms with Crippen LogP contribution in [0.4, 0.5) is 5.69 Å². The van der Waals surface area contributed by atoms with E-state index in [0.717, 1.165) is 25.2 Å². The molecule has 6 heteroatoms. The van der Waals surface area contributed by atoms with Crippen molar-refractivity contribution in [3.63, 3.8) is 0 Å². The fourth-order valence-electron chi connectivity index (χ4n) is 3.30. The van der Waals surface area contributed by atoms with Crippen LogP contribution in [0.1, 0.15) is 19.3 Å². The first-order chi connectivity index (χ1) is 9.98. The standard InChI is InChI=1S/C15H23N3O2S/c1-17(2)21(19,20)15-6-4-3-5-14(15)18-10-9-12-7-8-13(11-18)16-12/h3-6,12-13,16H,7-11H2,1-2H3. The van der Waals surface area contributed by atoms with E-state index in [1.807, 2.05) is 12.1 Å². The number of sulfonamides is 1. The molecule has 2 heterocycles. The van der Waals surface area contributed by atoms with Gasteiger partial charge < -0.3 is 10.2 Å². The normalized spacial score (nSPS) is 26.1. The molecule has 0 aromatic heterocycles.